The van der Waals surface area contributed by atoms with E-state index in [1.807, 2.05) is 0 Å². The Bertz CT molecular complexity index is 996. The number of hydrogen-bond donors (Lipinski definition) is 3. The Morgan fingerprint density at radius 1 is 1.15 bits per heavy atom. The van der Waals surface area contributed by atoms with E-state index in [1.54, 1.807) is 31.2 Å². The van der Waals surface area contributed by atoms with Gasteiger partial charge in [0.1, 0.15) is 5.75 Å². The predicted octanol–water partition coefficient (Wildman–Crippen LogP) is 3.89. The van der Waals surface area contributed by atoms with Gasteiger partial charge in [-0.2, -0.15) is 0 Å². The molecule has 0 saturated heterocycles. The van der Waals surface area contributed by atoms with Crippen molar-refractivity contribution >= 4 is 16.5 Å². The fraction of sp³-hybridized carbons (Fsp3) is 0.211. The van der Waals surface area contributed by atoms with Crippen LogP contribution in [-0.2, 0) is 0 Å². The highest BCUT2D eigenvalue weighted by Gasteiger charge is 2.30. The van der Waals surface area contributed by atoms with Gasteiger partial charge in [-0.1, -0.05) is 6.07 Å². The van der Waals surface area contributed by atoms with Crippen LogP contribution in [0.15, 0.2) is 53.3 Å². The molecule has 0 unspecified atom stereocenters. The maximum atomic E-state index is 12.4. The highest BCUT2D eigenvalue weighted by molar-refractivity contribution is 5.87. The average Bonchev–Trinajstić information content (AvgIpc) is 2.59. The van der Waals surface area contributed by atoms with Gasteiger partial charge in [0.25, 0.3) is 5.56 Å². The number of nitrogens with one attached hydrogen (secondary N) is 2. The SMILES string of the molecule is C[C@@H](O)CNc1ccc2cc(-c3ccc(OC(F)(F)F)cc3)[nH]c(=O)c2c1. The second kappa shape index (κ2) is 7.32. The third kappa shape index (κ3) is 4.79. The minimum absolute atomic E-state index is 0.321. The maximum absolute atomic E-state index is 12.4. The predicted molar refractivity (Wildman–Crippen MR) is 96.9 cm³/mol. The lowest BCUT2D eigenvalue weighted by Crippen LogP contribution is -2.17. The number of benzene rings is 2. The Balaban J connectivity index is 1.90. The molecule has 1 atom stereocenters. The van der Waals surface area contributed by atoms with Crippen molar-refractivity contribution < 1.29 is 23.0 Å². The zero-order valence-electron chi connectivity index (χ0n) is 14.3. The van der Waals surface area contributed by atoms with Crippen LogP contribution >= 0.6 is 0 Å². The Labute approximate surface area is 152 Å². The second-order valence-corrected chi connectivity index (χ2v) is 6.12. The number of pyridine rings is 1. The van der Waals surface area contributed by atoms with Crippen molar-refractivity contribution in [2.75, 3.05) is 11.9 Å². The Morgan fingerprint density at radius 3 is 2.48 bits per heavy atom. The van der Waals surface area contributed by atoms with Gasteiger partial charge < -0.3 is 20.1 Å². The van der Waals surface area contributed by atoms with Crippen LogP contribution in [0.4, 0.5) is 18.9 Å². The quantitative estimate of drug-likeness (QED) is 0.630. The Hall–Kier alpha value is -3.00. The van der Waals surface area contributed by atoms with E-state index in [9.17, 15) is 23.1 Å². The van der Waals surface area contributed by atoms with Crippen molar-refractivity contribution in [3.05, 3.63) is 58.9 Å². The first-order chi connectivity index (χ1) is 12.7. The monoisotopic (exact) mass is 378 g/mol. The molecule has 0 bridgehead atoms. The molecule has 3 N–H and O–H groups in total. The fourth-order valence-electron chi connectivity index (χ4n) is 2.63. The molecule has 0 aliphatic rings. The molecule has 3 aromatic rings. The molecule has 1 heterocycles. The van der Waals surface area contributed by atoms with E-state index < -0.39 is 12.5 Å². The van der Waals surface area contributed by atoms with Crippen molar-refractivity contribution in [1.82, 2.24) is 4.98 Å². The first-order valence-corrected chi connectivity index (χ1v) is 8.16. The van der Waals surface area contributed by atoms with Crippen LogP contribution in [-0.4, -0.2) is 29.1 Å². The third-order valence-electron chi connectivity index (χ3n) is 3.85. The first-order valence-electron chi connectivity index (χ1n) is 8.16. The van der Waals surface area contributed by atoms with Gasteiger partial charge in [-0.15, -0.1) is 13.2 Å². The van der Waals surface area contributed by atoms with E-state index >= 15 is 0 Å². The van der Waals surface area contributed by atoms with Gasteiger partial charge in [-0.25, -0.2) is 0 Å². The molecule has 3 rings (SSSR count). The van der Waals surface area contributed by atoms with Crippen LogP contribution in [0.2, 0.25) is 0 Å². The van der Waals surface area contributed by atoms with Crippen molar-refractivity contribution in [3.8, 4) is 17.0 Å². The summed E-state index contributed by atoms with van der Waals surface area (Å²) in [5.74, 6) is -0.330. The molecule has 0 spiro atoms. The van der Waals surface area contributed by atoms with Crippen molar-refractivity contribution in [3.63, 3.8) is 0 Å². The van der Waals surface area contributed by atoms with E-state index in [4.69, 9.17) is 0 Å². The van der Waals surface area contributed by atoms with Gasteiger partial charge in [-0.3, -0.25) is 4.79 Å². The van der Waals surface area contributed by atoms with Crippen molar-refractivity contribution in [1.29, 1.82) is 0 Å². The number of aliphatic hydroxyl groups is 1. The molecule has 8 heteroatoms. The zero-order valence-corrected chi connectivity index (χ0v) is 14.3. The van der Waals surface area contributed by atoms with Gasteiger partial charge in [0.2, 0.25) is 0 Å². The lowest BCUT2D eigenvalue weighted by atomic mass is 10.1. The van der Waals surface area contributed by atoms with Gasteiger partial charge in [0.05, 0.1) is 6.10 Å². The third-order valence-corrected chi connectivity index (χ3v) is 3.85. The molecule has 0 radical (unpaired) electrons. The molecule has 142 valence electrons. The molecule has 5 nitrogen and oxygen atoms in total. The second-order valence-electron chi connectivity index (χ2n) is 6.12. The topological polar surface area (TPSA) is 74.3 Å². The van der Waals surface area contributed by atoms with E-state index in [0.29, 0.717) is 34.3 Å². The number of rotatable bonds is 5. The van der Waals surface area contributed by atoms with Gasteiger partial charge in [0, 0.05) is 23.3 Å². The molecule has 0 aliphatic heterocycles. The molecule has 0 amide bonds. The van der Waals surface area contributed by atoms with Crippen LogP contribution in [0.3, 0.4) is 0 Å². The van der Waals surface area contributed by atoms with Gasteiger partial charge in [0.15, 0.2) is 0 Å². The van der Waals surface area contributed by atoms with Crippen LogP contribution < -0.4 is 15.6 Å². The van der Waals surface area contributed by atoms with Crippen LogP contribution in [0, 0.1) is 0 Å². The fourth-order valence-corrected chi connectivity index (χ4v) is 2.63. The number of aromatic amines is 1. The molecular formula is C19H17F3N2O3. The van der Waals surface area contributed by atoms with Gasteiger partial charge >= 0.3 is 6.36 Å². The summed E-state index contributed by atoms with van der Waals surface area (Å²) >= 11 is 0. The maximum Gasteiger partial charge on any atom is 0.573 e. The number of alkyl halides is 3. The lowest BCUT2D eigenvalue weighted by molar-refractivity contribution is -0.274. The molecule has 0 fully saturated rings. The number of ether oxygens (including phenoxy) is 1. The summed E-state index contributed by atoms with van der Waals surface area (Å²) in [6.45, 7) is 2.01. The standard InChI is InChI=1S/C19H17F3N2O3/c1-11(25)10-23-14-5-2-13-8-17(24-18(26)16(13)9-14)12-3-6-15(7-4-12)27-19(20,21)22/h2-9,11,23,25H,10H2,1H3,(H,24,26)/t11-/m1/s1. The Kier molecular flexibility index (Phi) is 5.09. The highest BCUT2D eigenvalue weighted by atomic mass is 19.4. The zero-order chi connectivity index (χ0) is 19.6. The summed E-state index contributed by atoms with van der Waals surface area (Å²) in [5, 5.41) is 13.5. The van der Waals surface area contributed by atoms with Gasteiger partial charge in [-0.05, 0) is 60.3 Å². The van der Waals surface area contributed by atoms with E-state index in [1.165, 1.54) is 24.3 Å². The lowest BCUT2D eigenvalue weighted by Gasteiger charge is -2.11. The van der Waals surface area contributed by atoms with Crippen molar-refractivity contribution in [2.24, 2.45) is 0 Å². The number of H-pyrrole nitrogens is 1. The number of hydrogen-bond acceptors (Lipinski definition) is 4. The summed E-state index contributed by atoms with van der Waals surface area (Å²) in [6.07, 6.45) is -5.27. The molecule has 1 aromatic heterocycles. The summed E-state index contributed by atoms with van der Waals surface area (Å²) in [6, 6.07) is 12.2. The van der Waals surface area contributed by atoms with Crippen LogP contribution in [0.1, 0.15) is 6.92 Å². The largest absolute Gasteiger partial charge is 0.573 e. The summed E-state index contributed by atoms with van der Waals surface area (Å²) in [7, 11) is 0. The number of anilines is 1. The molecule has 0 saturated carbocycles. The molecular weight excluding hydrogens is 361 g/mol. The summed E-state index contributed by atoms with van der Waals surface area (Å²) in [5.41, 5.74) is 1.42. The number of aromatic nitrogens is 1. The number of halogens is 3. The van der Waals surface area contributed by atoms with E-state index in [-0.39, 0.29) is 11.3 Å². The summed E-state index contributed by atoms with van der Waals surface area (Å²) < 4.78 is 40.5. The van der Waals surface area contributed by atoms with E-state index in [0.717, 1.165) is 0 Å². The Morgan fingerprint density at radius 2 is 1.85 bits per heavy atom. The first kappa shape index (κ1) is 18.8. The number of aliphatic hydroxyl groups excluding tert-OH is 1. The molecule has 0 aliphatic carbocycles. The summed E-state index contributed by atoms with van der Waals surface area (Å²) in [4.78, 5) is 15.1. The van der Waals surface area contributed by atoms with Crippen LogP contribution in [0.5, 0.6) is 5.75 Å². The minimum Gasteiger partial charge on any atom is -0.406 e. The number of fused-ring (bicyclic) bond motifs is 1. The smallest absolute Gasteiger partial charge is 0.406 e. The molecule has 27 heavy (non-hydrogen) atoms. The van der Waals surface area contributed by atoms with E-state index in [2.05, 4.69) is 15.0 Å². The van der Waals surface area contributed by atoms with Crippen molar-refractivity contribution in [2.45, 2.75) is 19.4 Å². The highest BCUT2D eigenvalue weighted by Crippen LogP contribution is 2.27. The minimum atomic E-state index is -4.75. The van der Waals surface area contributed by atoms with Crippen LogP contribution in [0.25, 0.3) is 22.0 Å². The molecule has 2 aromatic carbocycles. The normalized spacial score (nSPS) is 12.8. The average molecular weight is 378 g/mol.